The van der Waals surface area contributed by atoms with Crippen molar-refractivity contribution < 1.29 is 10.2 Å². The van der Waals surface area contributed by atoms with Crippen LogP contribution in [0.4, 0.5) is 0 Å². The molecule has 4 heteroatoms. The quantitative estimate of drug-likeness (QED) is 0.806. The van der Waals surface area contributed by atoms with Crippen LogP contribution in [-0.4, -0.2) is 47.3 Å². The number of benzene rings is 2. The lowest BCUT2D eigenvalue weighted by Gasteiger charge is -2.35. The number of phenolic OH excluding ortho intramolecular Hbond substituents is 1. The predicted molar refractivity (Wildman–Crippen MR) is 84.5 cm³/mol. The Morgan fingerprint density at radius 2 is 1.71 bits per heavy atom. The third kappa shape index (κ3) is 2.75. The van der Waals surface area contributed by atoms with Gasteiger partial charge in [0.1, 0.15) is 5.75 Å². The van der Waals surface area contributed by atoms with Crippen LogP contribution in [-0.2, 0) is 0 Å². The van der Waals surface area contributed by atoms with Crippen LogP contribution in [0.25, 0.3) is 10.8 Å². The number of fused-ring (bicyclic) bond motifs is 1. The largest absolute Gasteiger partial charge is 0.507 e. The Morgan fingerprint density at radius 3 is 2.43 bits per heavy atom. The molecule has 0 aromatic heterocycles. The van der Waals surface area contributed by atoms with E-state index < -0.39 is 6.10 Å². The number of phenols is 1. The van der Waals surface area contributed by atoms with Gasteiger partial charge in [0, 0.05) is 37.6 Å². The molecule has 1 saturated heterocycles. The van der Waals surface area contributed by atoms with Gasteiger partial charge in [0.05, 0.1) is 6.10 Å². The summed E-state index contributed by atoms with van der Waals surface area (Å²) in [7, 11) is 0. The van der Waals surface area contributed by atoms with Crippen LogP contribution < -0.4 is 5.32 Å². The minimum absolute atomic E-state index is 0.0556. The predicted octanol–water partition coefficient (Wildman–Crippen LogP) is 1.87. The number of hydrogen-bond acceptors (Lipinski definition) is 4. The third-order valence-corrected chi connectivity index (χ3v) is 4.44. The van der Waals surface area contributed by atoms with Gasteiger partial charge in [-0.1, -0.05) is 30.3 Å². The van der Waals surface area contributed by atoms with Gasteiger partial charge in [-0.25, -0.2) is 0 Å². The Labute approximate surface area is 125 Å². The van der Waals surface area contributed by atoms with Crippen molar-refractivity contribution >= 4 is 10.8 Å². The summed E-state index contributed by atoms with van der Waals surface area (Å²) >= 11 is 0. The second-order valence-electron chi connectivity index (χ2n) is 5.69. The van der Waals surface area contributed by atoms with Gasteiger partial charge in [-0.15, -0.1) is 0 Å². The van der Waals surface area contributed by atoms with Gasteiger partial charge in [-0.05, 0) is 23.9 Å². The first kappa shape index (κ1) is 14.3. The maximum atomic E-state index is 10.8. The molecule has 0 amide bonds. The van der Waals surface area contributed by atoms with Crippen LogP contribution in [0.3, 0.4) is 0 Å². The Balaban J connectivity index is 1.94. The van der Waals surface area contributed by atoms with Crippen molar-refractivity contribution in [1.29, 1.82) is 0 Å². The first-order chi connectivity index (χ1) is 10.2. The summed E-state index contributed by atoms with van der Waals surface area (Å²) in [6.07, 6.45) is -0.561. The fourth-order valence-electron chi connectivity index (χ4n) is 3.11. The molecule has 21 heavy (non-hydrogen) atoms. The van der Waals surface area contributed by atoms with E-state index in [0.29, 0.717) is 0 Å². The highest BCUT2D eigenvalue weighted by Gasteiger charge is 2.25. The summed E-state index contributed by atoms with van der Waals surface area (Å²) in [5.74, 6) is 0.261. The molecule has 0 spiro atoms. The van der Waals surface area contributed by atoms with Gasteiger partial charge in [0.15, 0.2) is 0 Å². The summed E-state index contributed by atoms with van der Waals surface area (Å²) in [5, 5.41) is 25.8. The normalized spacial score (nSPS) is 19.5. The van der Waals surface area contributed by atoms with Crippen molar-refractivity contribution in [3.63, 3.8) is 0 Å². The van der Waals surface area contributed by atoms with E-state index in [-0.39, 0.29) is 11.8 Å². The number of aliphatic hydroxyl groups excluding tert-OH is 1. The smallest absolute Gasteiger partial charge is 0.123 e. The highest BCUT2D eigenvalue weighted by molar-refractivity contribution is 5.91. The molecule has 2 aromatic rings. The Morgan fingerprint density at radius 1 is 1.05 bits per heavy atom. The number of nitrogens with zero attached hydrogens (tertiary/aromatic N) is 1. The minimum atomic E-state index is -0.561. The van der Waals surface area contributed by atoms with Crippen LogP contribution in [0, 0.1) is 0 Å². The van der Waals surface area contributed by atoms with Gasteiger partial charge in [-0.3, -0.25) is 4.90 Å². The molecule has 0 saturated carbocycles. The van der Waals surface area contributed by atoms with E-state index in [1.54, 1.807) is 6.07 Å². The van der Waals surface area contributed by atoms with E-state index in [4.69, 9.17) is 0 Å². The number of piperazine rings is 1. The lowest BCUT2D eigenvalue weighted by atomic mass is 9.95. The lowest BCUT2D eigenvalue weighted by Crippen LogP contribution is -2.49. The second-order valence-corrected chi connectivity index (χ2v) is 5.69. The summed E-state index contributed by atoms with van der Waals surface area (Å²) in [6.45, 7) is 5.90. The molecular weight excluding hydrogens is 264 g/mol. The maximum Gasteiger partial charge on any atom is 0.123 e. The highest BCUT2D eigenvalue weighted by Crippen LogP contribution is 2.33. The SMILES string of the molecule is CC(C(O)c1ccc(O)c2ccccc12)N1CCNCC1. The van der Waals surface area contributed by atoms with Gasteiger partial charge < -0.3 is 15.5 Å². The van der Waals surface area contributed by atoms with Crippen LogP contribution >= 0.6 is 0 Å². The summed E-state index contributed by atoms with van der Waals surface area (Å²) in [5.41, 5.74) is 0.884. The lowest BCUT2D eigenvalue weighted by molar-refractivity contribution is 0.0519. The molecule has 0 aliphatic carbocycles. The number of aromatic hydroxyl groups is 1. The standard InChI is InChI=1S/C17H22N2O2/c1-12(19-10-8-18-9-11-19)17(21)15-6-7-16(20)14-5-3-2-4-13(14)15/h2-7,12,17-18,20-21H,8-11H2,1H3. The fraction of sp³-hybridized carbons (Fsp3) is 0.412. The number of aliphatic hydroxyl groups is 1. The Hall–Kier alpha value is -1.62. The van der Waals surface area contributed by atoms with E-state index in [9.17, 15) is 10.2 Å². The number of rotatable bonds is 3. The van der Waals surface area contributed by atoms with Crippen molar-refractivity contribution in [2.45, 2.75) is 19.1 Å². The fourth-order valence-corrected chi connectivity index (χ4v) is 3.11. The van der Waals surface area contributed by atoms with E-state index in [1.807, 2.05) is 30.3 Å². The average molecular weight is 286 g/mol. The molecule has 3 rings (SSSR count). The summed E-state index contributed by atoms with van der Waals surface area (Å²) in [4.78, 5) is 2.31. The van der Waals surface area contributed by atoms with Crippen LogP contribution in [0.5, 0.6) is 5.75 Å². The molecule has 0 bridgehead atoms. The molecule has 112 valence electrons. The van der Waals surface area contributed by atoms with Crippen molar-refractivity contribution in [3.05, 3.63) is 42.0 Å². The van der Waals surface area contributed by atoms with Crippen molar-refractivity contribution in [2.75, 3.05) is 26.2 Å². The third-order valence-electron chi connectivity index (χ3n) is 4.44. The molecule has 1 aliphatic heterocycles. The molecule has 3 N–H and O–H groups in total. The van der Waals surface area contributed by atoms with Crippen LogP contribution in [0.15, 0.2) is 36.4 Å². The molecule has 2 atom stereocenters. The zero-order chi connectivity index (χ0) is 14.8. The van der Waals surface area contributed by atoms with E-state index >= 15 is 0 Å². The molecule has 2 aromatic carbocycles. The van der Waals surface area contributed by atoms with Crippen LogP contribution in [0.1, 0.15) is 18.6 Å². The van der Waals surface area contributed by atoms with Crippen molar-refractivity contribution in [3.8, 4) is 5.75 Å². The Bertz CT molecular complexity index is 623. The molecule has 2 unspecified atom stereocenters. The molecule has 1 aliphatic rings. The maximum absolute atomic E-state index is 10.8. The van der Waals surface area contributed by atoms with Crippen molar-refractivity contribution in [2.24, 2.45) is 0 Å². The monoisotopic (exact) mass is 286 g/mol. The van der Waals surface area contributed by atoms with E-state index in [2.05, 4.69) is 17.1 Å². The topological polar surface area (TPSA) is 55.7 Å². The highest BCUT2D eigenvalue weighted by atomic mass is 16.3. The van der Waals surface area contributed by atoms with Gasteiger partial charge in [-0.2, -0.15) is 0 Å². The zero-order valence-corrected chi connectivity index (χ0v) is 12.3. The van der Waals surface area contributed by atoms with Crippen molar-refractivity contribution in [1.82, 2.24) is 10.2 Å². The Kier molecular flexibility index (Phi) is 4.10. The second kappa shape index (κ2) is 6.02. The molecule has 0 radical (unpaired) electrons. The summed E-state index contributed by atoms with van der Waals surface area (Å²) in [6, 6.07) is 11.2. The molecule has 1 heterocycles. The number of nitrogens with one attached hydrogen (secondary N) is 1. The van der Waals surface area contributed by atoms with Gasteiger partial charge in [0.25, 0.3) is 0 Å². The van der Waals surface area contributed by atoms with Crippen LogP contribution in [0.2, 0.25) is 0 Å². The summed E-state index contributed by atoms with van der Waals surface area (Å²) < 4.78 is 0. The van der Waals surface area contributed by atoms with Gasteiger partial charge in [0.2, 0.25) is 0 Å². The minimum Gasteiger partial charge on any atom is -0.507 e. The first-order valence-corrected chi connectivity index (χ1v) is 7.52. The molecule has 1 fully saturated rings. The average Bonchev–Trinajstić information content (AvgIpc) is 2.55. The van der Waals surface area contributed by atoms with E-state index in [0.717, 1.165) is 42.5 Å². The number of hydrogen-bond donors (Lipinski definition) is 3. The molecular formula is C17H22N2O2. The van der Waals surface area contributed by atoms with Gasteiger partial charge >= 0.3 is 0 Å². The molecule has 4 nitrogen and oxygen atoms in total. The first-order valence-electron chi connectivity index (χ1n) is 7.52. The zero-order valence-electron chi connectivity index (χ0n) is 12.3. The van der Waals surface area contributed by atoms with E-state index in [1.165, 1.54) is 0 Å².